The van der Waals surface area contributed by atoms with Gasteiger partial charge in [-0.1, -0.05) is 11.6 Å². The number of aliphatic carboxylic acids is 1. The second-order valence-electron chi connectivity index (χ2n) is 3.46. The van der Waals surface area contributed by atoms with Gasteiger partial charge in [-0.3, -0.25) is 4.79 Å². The number of fused-ring (bicyclic) bond motifs is 1. The molecule has 4 nitrogen and oxygen atoms in total. The van der Waals surface area contributed by atoms with Crippen LogP contribution in [0.15, 0.2) is 18.2 Å². The molecule has 1 aliphatic heterocycles. The number of hydrogen-bond acceptors (Lipinski definition) is 4. The van der Waals surface area contributed by atoms with Crippen LogP contribution in [0.1, 0.15) is 12.0 Å². The predicted octanol–water partition coefficient (Wildman–Crippen LogP) is 2.61. The summed E-state index contributed by atoms with van der Waals surface area (Å²) in [6, 6.07) is 4.76. The van der Waals surface area contributed by atoms with Crippen molar-refractivity contribution in [2.24, 2.45) is 0 Å². The van der Waals surface area contributed by atoms with Gasteiger partial charge in [0.05, 0.1) is 6.61 Å². The molecule has 86 valence electrons. The van der Waals surface area contributed by atoms with E-state index >= 15 is 0 Å². The number of hydrogen-bond donors (Lipinski definition) is 2. The minimum Gasteiger partial charge on any atom is -0.493 e. The zero-order valence-corrected chi connectivity index (χ0v) is 9.72. The van der Waals surface area contributed by atoms with Gasteiger partial charge in [-0.05, 0) is 18.2 Å². The molecular formula is C10H9ClO4S. The van der Waals surface area contributed by atoms with Crippen LogP contribution in [-0.2, 0) is 9.54 Å². The van der Waals surface area contributed by atoms with Gasteiger partial charge in [-0.15, -0.1) is 0 Å². The lowest BCUT2D eigenvalue weighted by atomic mass is 9.92. The van der Waals surface area contributed by atoms with E-state index in [0.717, 1.165) is 0 Å². The topological polar surface area (TPSA) is 66.8 Å². The van der Waals surface area contributed by atoms with Crippen molar-refractivity contribution in [1.29, 1.82) is 0 Å². The molecule has 1 aromatic carbocycles. The number of ether oxygens (including phenoxy) is 1. The highest BCUT2D eigenvalue weighted by Gasteiger charge is 2.46. The molecule has 0 amide bonds. The summed E-state index contributed by atoms with van der Waals surface area (Å²) in [5.74, 6) is -0.633. The van der Waals surface area contributed by atoms with Crippen LogP contribution in [-0.4, -0.2) is 22.2 Å². The Labute approximate surface area is 101 Å². The SMILES string of the molecule is O=C(O)C1(SO)CCOc2ccc(Cl)cc21. The van der Waals surface area contributed by atoms with Crippen molar-refractivity contribution in [2.75, 3.05) is 6.61 Å². The molecular weight excluding hydrogens is 252 g/mol. The lowest BCUT2D eigenvalue weighted by molar-refractivity contribution is -0.141. The van der Waals surface area contributed by atoms with Crippen LogP contribution in [0, 0.1) is 0 Å². The second-order valence-corrected chi connectivity index (χ2v) is 4.78. The van der Waals surface area contributed by atoms with Crippen LogP contribution in [0.25, 0.3) is 0 Å². The highest BCUT2D eigenvalue weighted by atomic mass is 35.5. The van der Waals surface area contributed by atoms with Gasteiger partial charge in [0.25, 0.3) is 0 Å². The first-order valence-electron chi connectivity index (χ1n) is 4.59. The Balaban J connectivity index is 2.61. The first-order chi connectivity index (χ1) is 7.60. The van der Waals surface area contributed by atoms with Crippen LogP contribution < -0.4 is 4.74 Å². The molecule has 0 spiro atoms. The fraction of sp³-hybridized carbons (Fsp3) is 0.300. The summed E-state index contributed by atoms with van der Waals surface area (Å²) in [4.78, 5) is 11.3. The average molecular weight is 261 g/mol. The van der Waals surface area contributed by atoms with Gasteiger partial charge in [-0.2, -0.15) is 0 Å². The maximum Gasteiger partial charge on any atom is 0.327 e. The monoisotopic (exact) mass is 260 g/mol. The molecule has 1 heterocycles. The van der Waals surface area contributed by atoms with E-state index in [1.807, 2.05) is 0 Å². The van der Waals surface area contributed by atoms with E-state index in [0.29, 0.717) is 28.4 Å². The highest BCUT2D eigenvalue weighted by Crippen LogP contribution is 2.46. The average Bonchev–Trinajstić information content (AvgIpc) is 2.27. The van der Waals surface area contributed by atoms with Crippen molar-refractivity contribution in [3.8, 4) is 5.75 Å². The normalized spacial score (nSPS) is 23.4. The highest BCUT2D eigenvalue weighted by molar-refractivity contribution is 7.95. The minimum atomic E-state index is -1.38. The summed E-state index contributed by atoms with van der Waals surface area (Å²) in [7, 11) is 0. The van der Waals surface area contributed by atoms with Gasteiger partial charge in [0.15, 0.2) is 4.75 Å². The van der Waals surface area contributed by atoms with Crippen molar-refractivity contribution in [2.45, 2.75) is 11.2 Å². The van der Waals surface area contributed by atoms with E-state index in [1.165, 1.54) is 6.07 Å². The third kappa shape index (κ3) is 1.65. The molecule has 0 aromatic heterocycles. The van der Waals surface area contributed by atoms with Crippen molar-refractivity contribution in [1.82, 2.24) is 0 Å². The molecule has 1 unspecified atom stereocenters. The molecule has 0 saturated heterocycles. The maximum absolute atomic E-state index is 11.3. The Morgan fingerprint density at radius 1 is 1.56 bits per heavy atom. The van der Waals surface area contributed by atoms with Crippen LogP contribution in [0.2, 0.25) is 5.02 Å². The fourth-order valence-corrected chi connectivity index (χ4v) is 2.42. The molecule has 0 bridgehead atoms. The Morgan fingerprint density at radius 2 is 2.31 bits per heavy atom. The number of carboxylic acid groups (broad SMARTS) is 1. The van der Waals surface area contributed by atoms with Crippen LogP contribution in [0.5, 0.6) is 5.75 Å². The summed E-state index contributed by atoms with van der Waals surface area (Å²) in [6.45, 7) is 0.258. The lowest BCUT2D eigenvalue weighted by Gasteiger charge is -2.32. The lowest BCUT2D eigenvalue weighted by Crippen LogP contribution is -2.37. The maximum atomic E-state index is 11.3. The van der Waals surface area contributed by atoms with Crippen molar-refractivity contribution in [3.05, 3.63) is 28.8 Å². The van der Waals surface area contributed by atoms with Crippen molar-refractivity contribution >= 4 is 29.6 Å². The van der Waals surface area contributed by atoms with Crippen LogP contribution >= 0.6 is 23.6 Å². The predicted molar refractivity (Wildman–Crippen MR) is 61.1 cm³/mol. The van der Waals surface area contributed by atoms with E-state index < -0.39 is 10.7 Å². The van der Waals surface area contributed by atoms with E-state index in [2.05, 4.69) is 0 Å². The summed E-state index contributed by atoms with van der Waals surface area (Å²) in [5, 5.41) is 9.67. The molecule has 0 aliphatic carbocycles. The Bertz CT molecular complexity index is 437. The molecule has 16 heavy (non-hydrogen) atoms. The van der Waals surface area contributed by atoms with Gasteiger partial charge in [0, 0.05) is 29.0 Å². The molecule has 1 atom stereocenters. The third-order valence-electron chi connectivity index (χ3n) is 2.59. The van der Waals surface area contributed by atoms with E-state index in [9.17, 15) is 14.5 Å². The van der Waals surface area contributed by atoms with Gasteiger partial charge in [0.2, 0.25) is 0 Å². The quantitative estimate of drug-likeness (QED) is 0.800. The number of carbonyl (C=O) groups is 1. The van der Waals surface area contributed by atoms with Gasteiger partial charge in [-0.25, -0.2) is 0 Å². The first kappa shape index (κ1) is 11.6. The number of carboxylic acids is 1. The molecule has 1 aromatic rings. The largest absolute Gasteiger partial charge is 0.493 e. The molecule has 1 aliphatic rings. The number of halogens is 1. The zero-order chi connectivity index (χ0) is 11.8. The van der Waals surface area contributed by atoms with Crippen molar-refractivity contribution < 1.29 is 19.2 Å². The summed E-state index contributed by atoms with van der Waals surface area (Å²) in [6.07, 6.45) is 0.205. The molecule has 6 heteroatoms. The third-order valence-corrected chi connectivity index (χ3v) is 3.74. The second kappa shape index (κ2) is 4.16. The van der Waals surface area contributed by atoms with Gasteiger partial charge in [0.1, 0.15) is 5.75 Å². The zero-order valence-electron chi connectivity index (χ0n) is 8.14. The van der Waals surface area contributed by atoms with E-state index in [4.69, 9.17) is 16.3 Å². The summed E-state index contributed by atoms with van der Waals surface area (Å²) >= 11 is 6.14. The summed E-state index contributed by atoms with van der Waals surface area (Å²) < 4.78 is 13.2. The molecule has 0 saturated carbocycles. The minimum absolute atomic E-state index is 0.205. The molecule has 0 fully saturated rings. The van der Waals surface area contributed by atoms with Gasteiger partial charge >= 0.3 is 5.97 Å². The molecule has 2 N–H and O–H groups in total. The molecule has 2 rings (SSSR count). The van der Waals surface area contributed by atoms with E-state index in [1.54, 1.807) is 12.1 Å². The number of benzene rings is 1. The van der Waals surface area contributed by atoms with Crippen molar-refractivity contribution in [3.63, 3.8) is 0 Å². The Hall–Kier alpha value is -0.910. The fourth-order valence-electron chi connectivity index (χ4n) is 1.74. The van der Waals surface area contributed by atoms with Gasteiger partial charge < -0.3 is 14.4 Å². The van der Waals surface area contributed by atoms with Crippen LogP contribution in [0.3, 0.4) is 0 Å². The first-order valence-corrected chi connectivity index (χ1v) is 5.74. The summed E-state index contributed by atoms with van der Waals surface area (Å²) in [5.41, 5.74) is 0.409. The smallest absolute Gasteiger partial charge is 0.327 e. The standard InChI is InChI=1S/C10H9ClO4S/c11-6-1-2-8-7(5-6)10(16-14,9(12)13)3-4-15-8/h1-2,5,14H,3-4H2,(H,12,13). The van der Waals surface area contributed by atoms with E-state index in [-0.39, 0.29) is 13.0 Å². The number of rotatable bonds is 2. The Morgan fingerprint density at radius 3 is 2.94 bits per heavy atom. The Kier molecular flexibility index (Phi) is 3.01. The molecule has 0 radical (unpaired) electrons. The van der Waals surface area contributed by atoms with Crippen LogP contribution in [0.4, 0.5) is 0 Å².